The number of aliphatic hydroxyl groups excluding tert-OH is 1. The number of aliphatic hydroxyl groups is 1. The first kappa shape index (κ1) is 8.75. The molecule has 0 aliphatic rings. The molecule has 1 nitrogen and oxygen atoms in total. The first-order valence-electron chi connectivity index (χ1n) is 3.59. The van der Waals surface area contributed by atoms with Gasteiger partial charge in [0.1, 0.15) is 0 Å². The van der Waals surface area contributed by atoms with E-state index in [2.05, 4.69) is 15.9 Å². The number of alkyl halides is 1. The van der Waals surface area contributed by atoms with Crippen LogP contribution in [0.25, 0.3) is 0 Å². The van der Waals surface area contributed by atoms with Crippen molar-refractivity contribution < 1.29 is 5.11 Å². The fraction of sp³-hybridized carbons (Fsp3) is 0.333. The van der Waals surface area contributed by atoms with E-state index >= 15 is 0 Å². The fourth-order valence-electron chi connectivity index (χ4n) is 0.915. The first-order valence-corrected chi connectivity index (χ1v) is 4.50. The minimum Gasteiger partial charge on any atom is -0.392 e. The van der Waals surface area contributed by atoms with Crippen molar-refractivity contribution in [2.45, 2.75) is 17.9 Å². The highest BCUT2D eigenvalue weighted by Gasteiger charge is 2.11. The van der Waals surface area contributed by atoms with Crippen molar-refractivity contribution in [3.63, 3.8) is 0 Å². The molecule has 0 spiro atoms. The van der Waals surface area contributed by atoms with Crippen LogP contribution in [-0.4, -0.2) is 11.2 Å². The summed E-state index contributed by atoms with van der Waals surface area (Å²) in [6.07, 6.45) is -0.350. The Labute approximate surface area is 75.2 Å². The molecule has 0 amide bonds. The molecule has 0 aliphatic carbocycles. The maximum atomic E-state index is 9.23. The second-order valence-corrected chi connectivity index (χ2v) is 3.54. The van der Waals surface area contributed by atoms with Gasteiger partial charge in [-0.3, -0.25) is 0 Å². The lowest BCUT2D eigenvalue weighted by atomic mass is 10.1. The van der Waals surface area contributed by atoms with Crippen LogP contribution in [0, 0.1) is 0 Å². The topological polar surface area (TPSA) is 20.2 Å². The van der Waals surface area contributed by atoms with E-state index in [-0.39, 0.29) is 10.9 Å². The Morgan fingerprint density at radius 2 is 1.82 bits per heavy atom. The number of rotatable bonds is 2. The second kappa shape index (κ2) is 3.88. The van der Waals surface area contributed by atoms with Crippen LogP contribution in [0.4, 0.5) is 0 Å². The van der Waals surface area contributed by atoms with Gasteiger partial charge in [-0.25, -0.2) is 0 Å². The summed E-state index contributed by atoms with van der Waals surface area (Å²) in [5, 5.41) is 9.23. The van der Waals surface area contributed by atoms with Crippen molar-refractivity contribution in [2.24, 2.45) is 0 Å². The lowest BCUT2D eigenvalue weighted by Crippen LogP contribution is -2.07. The Morgan fingerprint density at radius 3 is 2.27 bits per heavy atom. The summed E-state index contributed by atoms with van der Waals surface area (Å²) in [5.41, 5.74) is 1.11. The van der Waals surface area contributed by atoms with Gasteiger partial charge in [-0.15, -0.1) is 0 Å². The second-order valence-electron chi connectivity index (χ2n) is 2.55. The third kappa shape index (κ3) is 2.31. The molecule has 11 heavy (non-hydrogen) atoms. The van der Waals surface area contributed by atoms with Gasteiger partial charge in [-0.1, -0.05) is 46.3 Å². The minimum absolute atomic E-state index is 0.0451. The zero-order chi connectivity index (χ0) is 8.27. The van der Waals surface area contributed by atoms with Crippen LogP contribution in [0.15, 0.2) is 30.3 Å². The standard InChI is InChI=1S/C9H11BrO/c1-7(11)9(10)8-5-3-2-4-6-8/h2-7,9,11H,1H3/t7-,9-/m1/s1. The molecule has 1 rings (SSSR count). The zero-order valence-electron chi connectivity index (χ0n) is 6.37. The largest absolute Gasteiger partial charge is 0.392 e. The summed E-state index contributed by atoms with van der Waals surface area (Å²) in [7, 11) is 0. The molecular formula is C9H11BrO. The number of halogens is 1. The van der Waals surface area contributed by atoms with E-state index in [0.717, 1.165) is 5.56 Å². The molecule has 1 aromatic rings. The third-order valence-corrected chi connectivity index (χ3v) is 2.84. The molecule has 0 aromatic heterocycles. The Kier molecular flexibility index (Phi) is 3.09. The molecule has 2 atom stereocenters. The van der Waals surface area contributed by atoms with Gasteiger partial charge >= 0.3 is 0 Å². The average molecular weight is 215 g/mol. The van der Waals surface area contributed by atoms with E-state index in [1.165, 1.54) is 0 Å². The summed E-state index contributed by atoms with van der Waals surface area (Å²) in [5.74, 6) is 0. The van der Waals surface area contributed by atoms with E-state index in [1.54, 1.807) is 6.92 Å². The highest BCUT2D eigenvalue weighted by Crippen LogP contribution is 2.25. The summed E-state index contributed by atoms with van der Waals surface area (Å²) in [6, 6.07) is 9.88. The maximum Gasteiger partial charge on any atom is 0.0678 e. The highest BCUT2D eigenvalue weighted by molar-refractivity contribution is 9.09. The van der Waals surface area contributed by atoms with Crippen LogP contribution in [-0.2, 0) is 0 Å². The summed E-state index contributed by atoms with van der Waals surface area (Å²) in [6.45, 7) is 1.77. The van der Waals surface area contributed by atoms with Crippen molar-refractivity contribution in [2.75, 3.05) is 0 Å². The van der Waals surface area contributed by atoms with Crippen molar-refractivity contribution in [3.05, 3.63) is 35.9 Å². The van der Waals surface area contributed by atoms with Gasteiger partial charge in [-0.2, -0.15) is 0 Å². The van der Waals surface area contributed by atoms with E-state index in [9.17, 15) is 5.11 Å². The van der Waals surface area contributed by atoms with Crippen LogP contribution >= 0.6 is 15.9 Å². The van der Waals surface area contributed by atoms with Crippen molar-refractivity contribution in [3.8, 4) is 0 Å². The molecule has 0 fully saturated rings. The van der Waals surface area contributed by atoms with Crippen LogP contribution in [0.2, 0.25) is 0 Å². The molecule has 1 N–H and O–H groups in total. The predicted molar refractivity (Wildman–Crippen MR) is 49.8 cm³/mol. The quantitative estimate of drug-likeness (QED) is 0.751. The molecule has 0 radical (unpaired) electrons. The lowest BCUT2D eigenvalue weighted by Gasteiger charge is -2.12. The summed E-state index contributed by atoms with van der Waals surface area (Å²) < 4.78 is 0. The van der Waals surface area contributed by atoms with E-state index < -0.39 is 0 Å². The zero-order valence-corrected chi connectivity index (χ0v) is 7.95. The molecule has 0 bridgehead atoms. The van der Waals surface area contributed by atoms with Crippen molar-refractivity contribution in [1.82, 2.24) is 0 Å². The molecule has 0 saturated carbocycles. The Bertz CT molecular complexity index is 208. The molecule has 1 aromatic carbocycles. The fourth-order valence-corrected chi connectivity index (χ4v) is 1.22. The highest BCUT2D eigenvalue weighted by atomic mass is 79.9. The number of hydrogen-bond acceptors (Lipinski definition) is 1. The minimum atomic E-state index is -0.350. The summed E-state index contributed by atoms with van der Waals surface area (Å²) >= 11 is 3.40. The van der Waals surface area contributed by atoms with E-state index in [4.69, 9.17) is 0 Å². The Balaban J connectivity index is 2.77. The normalized spacial score (nSPS) is 15.9. The molecule has 2 heteroatoms. The third-order valence-electron chi connectivity index (χ3n) is 1.54. The van der Waals surface area contributed by atoms with Crippen LogP contribution < -0.4 is 0 Å². The molecular weight excluding hydrogens is 204 g/mol. The number of benzene rings is 1. The molecule has 60 valence electrons. The number of hydrogen-bond donors (Lipinski definition) is 1. The Hall–Kier alpha value is -0.340. The van der Waals surface area contributed by atoms with Gasteiger partial charge in [0.15, 0.2) is 0 Å². The van der Waals surface area contributed by atoms with Gasteiger partial charge in [-0.05, 0) is 12.5 Å². The van der Waals surface area contributed by atoms with Crippen LogP contribution in [0.5, 0.6) is 0 Å². The molecule has 0 aliphatic heterocycles. The predicted octanol–water partition coefficient (Wildman–Crippen LogP) is 2.50. The lowest BCUT2D eigenvalue weighted by molar-refractivity contribution is 0.194. The smallest absolute Gasteiger partial charge is 0.0678 e. The van der Waals surface area contributed by atoms with E-state index in [0.29, 0.717) is 0 Å². The van der Waals surface area contributed by atoms with Crippen molar-refractivity contribution >= 4 is 15.9 Å². The molecule has 0 heterocycles. The van der Waals surface area contributed by atoms with Crippen LogP contribution in [0.1, 0.15) is 17.3 Å². The van der Waals surface area contributed by atoms with Gasteiger partial charge in [0.05, 0.1) is 10.9 Å². The van der Waals surface area contributed by atoms with Crippen molar-refractivity contribution in [1.29, 1.82) is 0 Å². The van der Waals surface area contributed by atoms with Gasteiger partial charge in [0.2, 0.25) is 0 Å². The first-order chi connectivity index (χ1) is 5.22. The Morgan fingerprint density at radius 1 is 1.27 bits per heavy atom. The SMILES string of the molecule is C[C@@H](O)[C@@H](Br)c1ccccc1. The maximum absolute atomic E-state index is 9.23. The van der Waals surface area contributed by atoms with Gasteiger partial charge < -0.3 is 5.11 Å². The monoisotopic (exact) mass is 214 g/mol. The average Bonchev–Trinajstić information content (AvgIpc) is 2.05. The molecule has 0 saturated heterocycles. The van der Waals surface area contributed by atoms with Gasteiger partial charge in [0, 0.05) is 0 Å². The van der Waals surface area contributed by atoms with E-state index in [1.807, 2.05) is 30.3 Å². The van der Waals surface area contributed by atoms with Gasteiger partial charge in [0.25, 0.3) is 0 Å². The molecule has 0 unspecified atom stereocenters. The van der Waals surface area contributed by atoms with Crippen LogP contribution in [0.3, 0.4) is 0 Å². The summed E-state index contributed by atoms with van der Waals surface area (Å²) in [4.78, 5) is 0.0451.